The molecular weight excluding hydrogens is 280 g/mol. The van der Waals surface area contributed by atoms with Crippen LogP contribution in [-0.4, -0.2) is 39.0 Å². The van der Waals surface area contributed by atoms with Gasteiger partial charge in [-0.15, -0.1) is 0 Å². The lowest BCUT2D eigenvalue weighted by molar-refractivity contribution is -0.113. The average Bonchev–Trinajstić information content (AvgIpc) is 2.37. The van der Waals surface area contributed by atoms with Crippen molar-refractivity contribution in [3.63, 3.8) is 0 Å². The van der Waals surface area contributed by atoms with E-state index in [2.05, 4.69) is 5.32 Å². The van der Waals surface area contributed by atoms with Crippen molar-refractivity contribution in [3.8, 4) is 5.75 Å². The summed E-state index contributed by atoms with van der Waals surface area (Å²) in [5.41, 5.74) is 5.85. The second-order valence-electron chi connectivity index (χ2n) is 4.30. The van der Waals surface area contributed by atoms with Gasteiger partial charge in [0.25, 0.3) is 0 Å². The van der Waals surface area contributed by atoms with Gasteiger partial charge in [-0.2, -0.15) is 0 Å². The van der Waals surface area contributed by atoms with Crippen LogP contribution < -0.4 is 15.8 Å². The Morgan fingerprint density at radius 1 is 1.30 bits per heavy atom. The monoisotopic (exact) mass is 300 g/mol. The second-order valence-corrected chi connectivity index (χ2v) is 6.49. The largest absolute Gasteiger partial charge is 0.492 e. The van der Waals surface area contributed by atoms with Gasteiger partial charge in [-0.1, -0.05) is 6.92 Å². The Labute approximate surface area is 119 Å². The van der Waals surface area contributed by atoms with Crippen LogP contribution in [0.1, 0.15) is 13.3 Å². The van der Waals surface area contributed by atoms with Crippen molar-refractivity contribution in [1.29, 1.82) is 0 Å². The molecule has 3 N–H and O–H groups in total. The SMILES string of the molecule is CCCS(=O)(=O)CC(=O)Nc1ccc(OCCN)cc1. The van der Waals surface area contributed by atoms with E-state index < -0.39 is 21.5 Å². The third-order valence-electron chi connectivity index (χ3n) is 2.39. The Bertz CT molecular complexity index is 526. The molecule has 1 aromatic rings. The van der Waals surface area contributed by atoms with Crippen LogP contribution in [0.15, 0.2) is 24.3 Å². The number of hydrogen-bond donors (Lipinski definition) is 2. The number of carbonyl (C=O) groups is 1. The first-order chi connectivity index (χ1) is 9.46. The highest BCUT2D eigenvalue weighted by Gasteiger charge is 2.15. The molecule has 0 bridgehead atoms. The first kappa shape index (κ1) is 16.5. The predicted octanol–water partition coefficient (Wildman–Crippen LogP) is 0.787. The second kappa shape index (κ2) is 7.86. The summed E-state index contributed by atoms with van der Waals surface area (Å²) in [5.74, 6) is -0.362. The van der Waals surface area contributed by atoms with Crippen molar-refractivity contribution in [2.75, 3.05) is 30.0 Å². The lowest BCUT2D eigenvalue weighted by atomic mass is 10.3. The van der Waals surface area contributed by atoms with E-state index in [1.807, 2.05) is 0 Å². The fraction of sp³-hybridized carbons (Fsp3) is 0.462. The molecule has 0 radical (unpaired) electrons. The first-order valence-electron chi connectivity index (χ1n) is 6.40. The van der Waals surface area contributed by atoms with Gasteiger partial charge in [-0.05, 0) is 30.7 Å². The summed E-state index contributed by atoms with van der Waals surface area (Å²) in [6.45, 7) is 2.60. The van der Waals surface area contributed by atoms with E-state index in [1.54, 1.807) is 31.2 Å². The maximum Gasteiger partial charge on any atom is 0.239 e. The van der Waals surface area contributed by atoms with Gasteiger partial charge in [0.1, 0.15) is 18.1 Å². The summed E-state index contributed by atoms with van der Waals surface area (Å²) in [6, 6.07) is 6.67. The summed E-state index contributed by atoms with van der Waals surface area (Å²) in [4.78, 5) is 11.6. The van der Waals surface area contributed by atoms with Gasteiger partial charge in [-0.3, -0.25) is 4.79 Å². The van der Waals surface area contributed by atoms with E-state index in [-0.39, 0.29) is 5.75 Å². The molecule has 1 aromatic carbocycles. The van der Waals surface area contributed by atoms with Crippen molar-refractivity contribution >= 4 is 21.4 Å². The van der Waals surface area contributed by atoms with Crippen molar-refractivity contribution < 1.29 is 17.9 Å². The highest BCUT2D eigenvalue weighted by atomic mass is 32.2. The number of rotatable bonds is 8. The van der Waals surface area contributed by atoms with Crippen LogP contribution in [0.3, 0.4) is 0 Å². The standard InChI is InChI=1S/C13H20N2O4S/c1-2-9-20(17,18)10-13(16)15-11-3-5-12(6-4-11)19-8-7-14/h3-6H,2,7-10,14H2,1H3,(H,15,16). The molecule has 6 nitrogen and oxygen atoms in total. The molecule has 1 rings (SSSR count). The van der Waals surface area contributed by atoms with E-state index in [0.29, 0.717) is 31.0 Å². The normalized spacial score (nSPS) is 11.1. The van der Waals surface area contributed by atoms with Crippen LogP contribution in [0.25, 0.3) is 0 Å². The molecule has 0 aromatic heterocycles. The molecule has 1 amide bonds. The highest BCUT2D eigenvalue weighted by Crippen LogP contribution is 2.15. The fourth-order valence-corrected chi connectivity index (χ4v) is 2.83. The van der Waals surface area contributed by atoms with Crippen molar-refractivity contribution in [2.24, 2.45) is 5.73 Å². The molecule has 0 aliphatic heterocycles. The topological polar surface area (TPSA) is 98.5 Å². The summed E-state index contributed by atoms with van der Waals surface area (Å²) in [6.07, 6.45) is 0.503. The molecular formula is C13H20N2O4S. The van der Waals surface area contributed by atoms with Gasteiger partial charge in [0.15, 0.2) is 9.84 Å². The molecule has 0 fully saturated rings. The first-order valence-corrected chi connectivity index (χ1v) is 8.22. The molecule has 0 unspecified atom stereocenters. The quantitative estimate of drug-likeness (QED) is 0.739. The molecule has 0 heterocycles. The number of anilines is 1. The number of nitrogens with two attached hydrogens (primary N) is 1. The number of carbonyl (C=O) groups excluding carboxylic acids is 1. The minimum Gasteiger partial charge on any atom is -0.492 e. The minimum atomic E-state index is -3.32. The smallest absolute Gasteiger partial charge is 0.239 e. The molecule has 0 saturated heterocycles. The average molecular weight is 300 g/mol. The summed E-state index contributed by atoms with van der Waals surface area (Å²) >= 11 is 0. The molecule has 0 spiro atoms. The van der Waals surface area contributed by atoms with E-state index in [1.165, 1.54) is 0 Å². The number of ether oxygens (including phenoxy) is 1. The molecule has 112 valence electrons. The Balaban J connectivity index is 2.54. The molecule has 0 saturated carbocycles. The zero-order valence-corrected chi connectivity index (χ0v) is 12.3. The number of hydrogen-bond acceptors (Lipinski definition) is 5. The Hall–Kier alpha value is -1.60. The van der Waals surface area contributed by atoms with Crippen LogP contribution in [0.2, 0.25) is 0 Å². The highest BCUT2D eigenvalue weighted by molar-refractivity contribution is 7.92. The zero-order chi connectivity index (χ0) is 15.0. The fourth-order valence-electron chi connectivity index (χ4n) is 1.59. The predicted molar refractivity (Wildman–Crippen MR) is 78.6 cm³/mol. The van der Waals surface area contributed by atoms with Gasteiger partial charge >= 0.3 is 0 Å². The number of sulfone groups is 1. The summed E-state index contributed by atoms with van der Waals surface area (Å²) in [5, 5.41) is 2.54. The van der Waals surface area contributed by atoms with Crippen LogP contribution >= 0.6 is 0 Å². The lowest BCUT2D eigenvalue weighted by Crippen LogP contribution is -2.24. The van der Waals surface area contributed by atoms with Crippen LogP contribution in [0.5, 0.6) is 5.75 Å². The Morgan fingerprint density at radius 2 is 1.95 bits per heavy atom. The van der Waals surface area contributed by atoms with E-state index >= 15 is 0 Å². The summed E-state index contributed by atoms with van der Waals surface area (Å²) < 4.78 is 28.3. The van der Waals surface area contributed by atoms with E-state index in [0.717, 1.165) is 0 Å². The molecule has 0 atom stereocenters. The van der Waals surface area contributed by atoms with Gasteiger partial charge in [0, 0.05) is 12.2 Å². The number of benzene rings is 1. The van der Waals surface area contributed by atoms with Gasteiger partial charge in [-0.25, -0.2) is 8.42 Å². The van der Waals surface area contributed by atoms with Gasteiger partial charge in [0.05, 0.1) is 5.75 Å². The number of amides is 1. The third-order valence-corrected chi connectivity index (χ3v) is 4.12. The zero-order valence-electron chi connectivity index (χ0n) is 11.5. The van der Waals surface area contributed by atoms with Crippen molar-refractivity contribution in [1.82, 2.24) is 0 Å². The van der Waals surface area contributed by atoms with Gasteiger partial charge in [0.2, 0.25) is 5.91 Å². The molecule has 0 aliphatic carbocycles. The molecule has 7 heteroatoms. The van der Waals surface area contributed by atoms with Crippen LogP contribution in [0, 0.1) is 0 Å². The van der Waals surface area contributed by atoms with Crippen molar-refractivity contribution in [2.45, 2.75) is 13.3 Å². The molecule has 20 heavy (non-hydrogen) atoms. The maximum absolute atomic E-state index is 11.6. The lowest BCUT2D eigenvalue weighted by Gasteiger charge is -2.08. The Morgan fingerprint density at radius 3 is 2.50 bits per heavy atom. The van der Waals surface area contributed by atoms with Crippen LogP contribution in [0.4, 0.5) is 5.69 Å². The minimum absolute atomic E-state index is 0.0201. The maximum atomic E-state index is 11.6. The third kappa shape index (κ3) is 6.03. The number of nitrogens with one attached hydrogen (secondary N) is 1. The van der Waals surface area contributed by atoms with Crippen LogP contribution in [-0.2, 0) is 14.6 Å². The van der Waals surface area contributed by atoms with E-state index in [4.69, 9.17) is 10.5 Å². The molecule has 0 aliphatic rings. The van der Waals surface area contributed by atoms with E-state index in [9.17, 15) is 13.2 Å². The summed E-state index contributed by atoms with van der Waals surface area (Å²) in [7, 11) is -3.32. The Kier molecular flexibility index (Phi) is 6.47. The van der Waals surface area contributed by atoms with Gasteiger partial charge < -0.3 is 15.8 Å². The van der Waals surface area contributed by atoms with Crippen molar-refractivity contribution in [3.05, 3.63) is 24.3 Å².